The first-order valence-electron chi connectivity index (χ1n) is 6.60. The fourth-order valence-corrected chi connectivity index (χ4v) is 3.01. The van der Waals surface area contributed by atoms with E-state index in [1.165, 1.54) is 6.92 Å². The van der Waals surface area contributed by atoms with E-state index < -0.39 is 0 Å². The number of fused-ring (bicyclic) bond motifs is 1. The van der Waals surface area contributed by atoms with Crippen LogP contribution in [0.4, 0.5) is 0 Å². The van der Waals surface area contributed by atoms with Crippen molar-refractivity contribution in [2.75, 3.05) is 0 Å². The number of hydrogen-bond acceptors (Lipinski definition) is 2. The van der Waals surface area contributed by atoms with Crippen molar-refractivity contribution < 1.29 is 9.90 Å². The summed E-state index contributed by atoms with van der Waals surface area (Å²) in [6.45, 7) is 3.42. The highest BCUT2D eigenvalue weighted by Crippen LogP contribution is 2.34. The van der Waals surface area contributed by atoms with Gasteiger partial charge in [-0.2, -0.15) is 0 Å². The molecule has 1 N–H and O–H groups in total. The van der Waals surface area contributed by atoms with Gasteiger partial charge in [-0.3, -0.25) is 4.79 Å². The summed E-state index contributed by atoms with van der Waals surface area (Å²) in [6.07, 6.45) is 0. The summed E-state index contributed by atoms with van der Waals surface area (Å²) in [4.78, 5) is 12.0. The average molecular weight is 300 g/mol. The third-order valence-corrected chi connectivity index (χ3v) is 3.95. The monoisotopic (exact) mass is 299 g/mol. The fourth-order valence-electron chi connectivity index (χ4n) is 2.79. The van der Waals surface area contributed by atoms with E-state index >= 15 is 0 Å². The van der Waals surface area contributed by atoms with Crippen molar-refractivity contribution in [1.29, 1.82) is 0 Å². The number of phenols is 1. The number of rotatable bonds is 2. The SMILES string of the molecule is CC(=O)c1c(C)n(-c2ccccc2Cl)c2ccc(O)cc12. The van der Waals surface area contributed by atoms with Crippen molar-refractivity contribution in [1.82, 2.24) is 4.57 Å². The van der Waals surface area contributed by atoms with Crippen molar-refractivity contribution in [2.24, 2.45) is 0 Å². The second kappa shape index (κ2) is 4.93. The minimum Gasteiger partial charge on any atom is -0.508 e. The Labute approximate surface area is 127 Å². The number of halogens is 1. The van der Waals surface area contributed by atoms with E-state index in [1.807, 2.05) is 35.8 Å². The van der Waals surface area contributed by atoms with E-state index in [0.717, 1.165) is 22.3 Å². The lowest BCUT2D eigenvalue weighted by atomic mass is 10.1. The van der Waals surface area contributed by atoms with Gasteiger partial charge in [-0.05, 0) is 44.2 Å². The molecule has 0 saturated heterocycles. The van der Waals surface area contributed by atoms with Crippen molar-refractivity contribution in [3.05, 3.63) is 58.7 Å². The zero-order chi connectivity index (χ0) is 15.1. The number of phenolic OH excluding ortho intramolecular Hbond substituents is 1. The largest absolute Gasteiger partial charge is 0.508 e. The summed E-state index contributed by atoms with van der Waals surface area (Å²) in [5.41, 5.74) is 3.10. The molecule has 0 radical (unpaired) electrons. The number of carbonyl (C=O) groups is 1. The molecule has 2 aromatic carbocycles. The van der Waals surface area contributed by atoms with Crippen LogP contribution in [0.25, 0.3) is 16.6 Å². The Morgan fingerprint density at radius 1 is 1.19 bits per heavy atom. The Bertz CT molecular complexity index is 865. The van der Waals surface area contributed by atoms with Crippen molar-refractivity contribution >= 4 is 28.3 Å². The number of nitrogens with zero attached hydrogens (tertiary/aromatic N) is 1. The Morgan fingerprint density at radius 3 is 2.57 bits per heavy atom. The number of para-hydroxylation sites is 1. The van der Waals surface area contributed by atoms with Gasteiger partial charge in [0.2, 0.25) is 0 Å². The molecule has 1 aromatic heterocycles. The minimum absolute atomic E-state index is 0.0334. The first-order chi connectivity index (χ1) is 10.0. The molecule has 0 amide bonds. The lowest BCUT2D eigenvalue weighted by Crippen LogP contribution is -2.00. The quantitative estimate of drug-likeness (QED) is 0.708. The Hall–Kier alpha value is -2.26. The van der Waals surface area contributed by atoms with Crippen LogP contribution in [-0.4, -0.2) is 15.5 Å². The molecule has 0 aliphatic carbocycles. The van der Waals surface area contributed by atoms with E-state index in [0.29, 0.717) is 10.6 Å². The smallest absolute Gasteiger partial charge is 0.162 e. The molecule has 3 nitrogen and oxygen atoms in total. The number of aromatic hydroxyl groups is 1. The maximum absolute atomic E-state index is 12.0. The second-order valence-electron chi connectivity index (χ2n) is 5.00. The normalized spacial score (nSPS) is 11.0. The number of benzene rings is 2. The highest BCUT2D eigenvalue weighted by atomic mass is 35.5. The molecular formula is C17H14ClNO2. The Balaban J connectivity index is 2.47. The molecule has 0 bridgehead atoms. The van der Waals surface area contributed by atoms with Crippen LogP contribution in [0.2, 0.25) is 5.02 Å². The van der Waals surface area contributed by atoms with Gasteiger partial charge in [0.25, 0.3) is 0 Å². The van der Waals surface area contributed by atoms with Crippen LogP contribution in [0.1, 0.15) is 23.0 Å². The summed E-state index contributed by atoms with van der Waals surface area (Å²) in [5.74, 6) is 0.107. The molecule has 1 heterocycles. The van der Waals surface area contributed by atoms with Crippen LogP contribution in [0.15, 0.2) is 42.5 Å². The molecule has 3 aromatic rings. The maximum Gasteiger partial charge on any atom is 0.162 e. The average Bonchev–Trinajstić information content (AvgIpc) is 2.71. The van der Waals surface area contributed by atoms with Gasteiger partial charge in [0.1, 0.15) is 5.75 Å². The lowest BCUT2D eigenvalue weighted by molar-refractivity contribution is 0.101. The molecule has 4 heteroatoms. The van der Waals surface area contributed by atoms with Gasteiger partial charge in [0.15, 0.2) is 5.78 Å². The van der Waals surface area contributed by atoms with Crippen LogP contribution in [0, 0.1) is 6.92 Å². The molecule has 106 valence electrons. The predicted molar refractivity (Wildman–Crippen MR) is 84.7 cm³/mol. The van der Waals surface area contributed by atoms with Crippen LogP contribution in [0.3, 0.4) is 0 Å². The number of hydrogen-bond donors (Lipinski definition) is 1. The van der Waals surface area contributed by atoms with Gasteiger partial charge < -0.3 is 9.67 Å². The van der Waals surface area contributed by atoms with E-state index in [1.54, 1.807) is 18.2 Å². The van der Waals surface area contributed by atoms with Crippen molar-refractivity contribution in [3.63, 3.8) is 0 Å². The van der Waals surface area contributed by atoms with Crippen LogP contribution in [0.5, 0.6) is 5.75 Å². The molecule has 0 saturated carbocycles. The molecular weight excluding hydrogens is 286 g/mol. The molecule has 3 rings (SSSR count). The molecule has 0 unspecified atom stereocenters. The summed E-state index contributed by atoms with van der Waals surface area (Å²) in [7, 11) is 0. The minimum atomic E-state index is -0.0334. The number of ketones is 1. The highest BCUT2D eigenvalue weighted by Gasteiger charge is 2.19. The first kappa shape index (κ1) is 13.7. The van der Waals surface area contributed by atoms with E-state index in [4.69, 9.17) is 11.6 Å². The Kier molecular flexibility index (Phi) is 3.22. The van der Waals surface area contributed by atoms with Crippen molar-refractivity contribution in [3.8, 4) is 11.4 Å². The molecule has 0 fully saturated rings. The van der Waals surface area contributed by atoms with Crippen LogP contribution < -0.4 is 0 Å². The second-order valence-corrected chi connectivity index (χ2v) is 5.41. The summed E-state index contributed by atoms with van der Waals surface area (Å²) >= 11 is 6.30. The van der Waals surface area contributed by atoms with Gasteiger partial charge in [0.05, 0.1) is 16.2 Å². The topological polar surface area (TPSA) is 42.2 Å². The number of Topliss-reactive ketones (excluding diaryl/α,β-unsaturated/α-hetero) is 1. The molecule has 0 atom stereocenters. The molecule has 0 aliphatic rings. The third-order valence-electron chi connectivity index (χ3n) is 3.63. The zero-order valence-corrected chi connectivity index (χ0v) is 12.5. The van der Waals surface area contributed by atoms with Gasteiger partial charge in [0, 0.05) is 16.6 Å². The third kappa shape index (κ3) is 2.10. The molecule has 21 heavy (non-hydrogen) atoms. The fraction of sp³-hybridized carbons (Fsp3) is 0.118. The summed E-state index contributed by atoms with van der Waals surface area (Å²) in [6, 6.07) is 12.5. The highest BCUT2D eigenvalue weighted by molar-refractivity contribution is 6.32. The van der Waals surface area contributed by atoms with E-state index in [-0.39, 0.29) is 11.5 Å². The number of carbonyl (C=O) groups excluding carboxylic acids is 1. The lowest BCUT2D eigenvalue weighted by Gasteiger charge is -2.10. The summed E-state index contributed by atoms with van der Waals surface area (Å²) < 4.78 is 1.95. The van der Waals surface area contributed by atoms with E-state index in [2.05, 4.69) is 0 Å². The van der Waals surface area contributed by atoms with Crippen LogP contribution >= 0.6 is 11.6 Å². The van der Waals surface area contributed by atoms with Gasteiger partial charge in [-0.15, -0.1) is 0 Å². The predicted octanol–water partition coefficient (Wildman–Crippen LogP) is 4.50. The maximum atomic E-state index is 12.0. The molecule has 0 aliphatic heterocycles. The standard InChI is InChI=1S/C17H14ClNO2/c1-10-17(11(2)20)13-9-12(21)7-8-15(13)19(10)16-6-4-3-5-14(16)18/h3-9,21H,1-2H3. The zero-order valence-electron chi connectivity index (χ0n) is 11.7. The van der Waals surface area contributed by atoms with Gasteiger partial charge >= 0.3 is 0 Å². The molecule has 0 spiro atoms. The summed E-state index contributed by atoms with van der Waals surface area (Å²) in [5, 5.41) is 11.1. The van der Waals surface area contributed by atoms with Crippen molar-refractivity contribution in [2.45, 2.75) is 13.8 Å². The van der Waals surface area contributed by atoms with E-state index in [9.17, 15) is 9.90 Å². The Morgan fingerprint density at radius 2 is 1.90 bits per heavy atom. The van der Waals surface area contributed by atoms with Crippen LogP contribution in [-0.2, 0) is 0 Å². The first-order valence-corrected chi connectivity index (χ1v) is 6.98. The number of aromatic nitrogens is 1. The van der Waals surface area contributed by atoms with Gasteiger partial charge in [-0.25, -0.2) is 0 Å². The van der Waals surface area contributed by atoms with Gasteiger partial charge in [-0.1, -0.05) is 23.7 Å².